The fourth-order valence-corrected chi connectivity index (χ4v) is 3.04. The fraction of sp³-hybridized carbons (Fsp3) is 0.850. The molecule has 0 aromatic carbocycles. The van der Waals surface area contributed by atoms with Crippen molar-refractivity contribution < 1.29 is 23.7 Å². The molecular weight excluding hydrogens is 320 g/mol. The summed E-state index contributed by atoms with van der Waals surface area (Å²) in [7, 11) is 4.80. The van der Waals surface area contributed by atoms with Gasteiger partial charge < -0.3 is 18.9 Å². The number of esters is 1. The van der Waals surface area contributed by atoms with Gasteiger partial charge in [-0.25, -0.2) is 4.79 Å². The molecule has 25 heavy (non-hydrogen) atoms. The van der Waals surface area contributed by atoms with E-state index in [1.54, 1.807) is 28.3 Å². The van der Waals surface area contributed by atoms with Crippen molar-refractivity contribution in [2.75, 3.05) is 27.9 Å². The van der Waals surface area contributed by atoms with Gasteiger partial charge in [-0.15, -0.1) is 0 Å². The van der Waals surface area contributed by atoms with E-state index < -0.39 is 5.97 Å². The average molecular weight is 359 g/mol. The lowest BCUT2D eigenvalue weighted by molar-refractivity contribution is -0.380. The molecule has 0 heterocycles. The zero-order chi connectivity index (χ0) is 19.1. The molecule has 0 saturated heterocycles. The highest BCUT2D eigenvalue weighted by atomic mass is 16.9. The molecule has 5 nitrogen and oxygen atoms in total. The third-order valence-corrected chi connectivity index (χ3v) is 4.54. The minimum absolute atomic E-state index is 0.0854. The predicted octanol–water partition coefficient (Wildman–Crippen LogP) is 4.85. The second-order valence-electron chi connectivity index (χ2n) is 6.53. The van der Waals surface area contributed by atoms with Crippen LogP contribution in [0.3, 0.4) is 0 Å². The minimum Gasteiger partial charge on any atom is -0.462 e. The molecule has 0 saturated carbocycles. The third-order valence-electron chi connectivity index (χ3n) is 4.54. The Morgan fingerprint density at radius 2 is 1.44 bits per heavy atom. The van der Waals surface area contributed by atoms with Crippen LogP contribution in [0.2, 0.25) is 0 Å². The van der Waals surface area contributed by atoms with Crippen LogP contribution in [0.15, 0.2) is 12.2 Å². The van der Waals surface area contributed by atoms with Crippen LogP contribution in [0.1, 0.15) is 71.6 Å². The number of ether oxygens (including phenoxy) is 4. The number of hydrogen-bond donors (Lipinski definition) is 0. The summed E-state index contributed by atoms with van der Waals surface area (Å²) in [6.07, 6.45) is 9.91. The largest absolute Gasteiger partial charge is 0.462 e. The Labute approximate surface area is 154 Å². The van der Waals surface area contributed by atoms with Gasteiger partial charge in [0.1, 0.15) is 0 Å². The lowest BCUT2D eigenvalue weighted by atomic mass is 9.93. The van der Waals surface area contributed by atoms with Crippen LogP contribution in [0.5, 0.6) is 0 Å². The summed E-state index contributed by atoms with van der Waals surface area (Å²) in [6, 6.07) is 0. The van der Waals surface area contributed by atoms with Gasteiger partial charge >= 0.3 is 5.97 Å². The number of rotatable bonds is 16. The summed E-state index contributed by atoms with van der Waals surface area (Å²) in [6.45, 7) is 7.82. The van der Waals surface area contributed by atoms with Crippen LogP contribution >= 0.6 is 0 Å². The normalized spacial score (nSPS) is 12.8. The highest BCUT2D eigenvalue weighted by Gasteiger charge is 2.39. The molecule has 1 atom stereocenters. The van der Waals surface area contributed by atoms with Crippen LogP contribution in [0.4, 0.5) is 0 Å². The van der Waals surface area contributed by atoms with Gasteiger partial charge in [-0.3, -0.25) is 0 Å². The summed E-state index contributed by atoms with van der Waals surface area (Å²) < 4.78 is 21.8. The van der Waals surface area contributed by atoms with Gasteiger partial charge in [-0.05, 0) is 26.2 Å². The molecule has 1 unspecified atom stereocenters. The maximum Gasteiger partial charge on any atom is 0.333 e. The monoisotopic (exact) mass is 358 g/mol. The molecule has 0 spiro atoms. The van der Waals surface area contributed by atoms with Crippen molar-refractivity contribution in [2.24, 2.45) is 5.92 Å². The van der Waals surface area contributed by atoms with E-state index in [4.69, 9.17) is 18.9 Å². The molecule has 0 aliphatic heterocycles. The van der Waals surface area contributed by atoms with Crippen LogP contribution in [-0.2, 0) is 23.7 Å². The van der Waals surface area contributed by atoms with E-state index >= 15 is 0 Å². The Kier molecular flexibility index (Phi) is 13.8. The zero-order valence-electron chi connectivity index (χ0n) is 16.9. The number of hydrogen-bond acceptors (Lipinski definition) is 5. The first-order chi connectivity index (χ1) is 12.0. The maximum atomic E-state index is 11.5. The molecule has 0 aliphatic rings. The van der Waals surface area contributed by atoms with Crippen molar-refractivity contribution in [1.29, 1.82) is 0 Å². The van der Waals surface area contributed by atoms with Crippen molar-refractivity contribution >= 4 is 5.97 Å². The molecule has 0 N–H and O–H groups in total. The SMILES string of the molecule is C=C(C)C(=O)OCCCC(CCCCCCCC)C(OC)(OC)OC. The topological polar surface area (TPSA) is 54.0 Å². The summed E-state index contributed by atoms with van der Waals surface area (Å²) in [4.78, 5) is 11.5. The molecular formula is C20H38O5. The first-order valence-electron chi connectivity index (χ1n) is 9.45. The van der Waals surface area contributed by atoms with Crippen molar-refractivity contribution in [3.8, 4) is 0 Å². The van der Waals surface area contributed by atoms with E-state index in [0.717, 1.165) is 25.7 Å². The Morgan fingerprint density at radius 1 is 0.920 bits per heavy atom. The van der Waals surface area contributed by atoms with Crippen LogP contribution < -0.4 is 0 Å². The van der Waals surface area contributed by atoms with Gasteiger partial charge in [-0.1, -0.05) is 52.0 Å². The van der Waals surface area contributed by atoms with Crippen molar-refractivity contribution in [3.05, 3.63) is 12.2 Å². The second-order valence-corrected chi connectivity index (χ2v) is 6.53. The van der Waals surface area contributed by atoms with Gasteiger partial charge in [0.15, 0.2) is 0 Å². The van der Waals surface area contributed by atoms with E-state index in [-0.39, 0.29) is 11.9 Å². The Hall–Kier alpha value is -0.910. The summed E-state index contributed by atoms with van der Waals surface area (Å²) in [5, 5.41) is 0. The van der Waals surface area contributed by atoms with E-state index in [2.05, 4.69) is 13.5 Å². The van der Waals surface area contributed by atoms with E-state index in [1.807, 2.05) is 0 Å². The lowest BCUT2D eigenvalue weighted by Gasteiger charge is -2.36. The van der Waals surface area contributed by atoms with Gasteiger partial charge in [0.2, 0.25) is 0 Å². The maximum absolute atomic E-state index is 11.5. The van der Waals surface area contributed by atoms with Crippen molar-refractivity contribution in [2.45, 2.75) is 77.6 Å². The zero-order valence-corrected chi connectivity index (χ0v) is 16.9. The van der Waals surface area contributed by atoms with E-state index in [1.165, 1.54) is 32.1 Å². The summed E-state index contributed by atoms with van der Waals surface area (Å²) >= 11 is 0. The second kappa shape index (κ2) is 14.3. The smallest absolute Gasteiger partial charge is 0.333 e. The van der Waals surface area contributed by atoms with Crippen molar-refractivity contribution in [1.82, 2.24) is 0 Å². The number of carbonyl (C=O) groups excluding carboxylic acids is 1. The van der Waals surface area contributed by atoms with E-state index in [9.17, 15) is 4.79 Å². The van der Waals surface area contributed by atoms with E-state index in [0.29, 0.717) is 12.2 Å². The van der Waals surface area contributed by atoms with Crippen LogP contribution in [0, 0.1) is 5.92 Å². The summed E-state index contributed by atoms with van der Waals surface area (Å²) in [5.41, 5.74) is 0.420. The van der Waals surface area contributed by atoms with Crippen molar-refractivity contribution in [3.63, 3.8) is 0 Å². The number of unbranched alkanes of at least 4 members (excludes halogenated alkanes) is 5. The molecule has 0 aromatic heterocycles. The molecule has 0 radical (unpaired) electrons. The number of carbonyl (C=O) groups is 1. The molecule has 5 heteroatoms. The first kappa shape index (κ1) is 24.1. The first-order valence-corrected chi connectivity index (χ1v) is 9.45. The third kappa shape index (κ3) is 9.38. The van der Waals surface area contributed by atoms with Gasteiger partial charge in [-0.2, -0.15) is 0 Å². The van der Waals surface area contributed by atoms with Gasteiger partial charge in [0, 0.05) is 32.8 Å². The molecule has 0 fully saturated rings. The summed E-state index contributed by atoms with van der Waals surface area (Å²) in [5.74, 6) is -1.30. The highest BCUT2D eigenvalue weighted by molar-refractivity contribution is 5.86. The Balaban J connectivity index is 4.47. The average Bonchev–Trinajstić information content (AvgIpc) is 2.62. The standard InChI is InChI=1S/C20H38O5/c1-7-8-9-10-11-12-14-18(20(22-4,23-5)24-6)15-13-16-25-19(21)17(2)3/h18H,2,7-16H2,1,3-6H3. The van der Waals surface area contributed by atoms with Gasteiger partial charge in [0.05, 0.1) is 6.61 Å². The minimum atomic E-state index is -1.04. The molecule has 148 valence electrons. The van der Waals surface area contributed by atoms with Crippen LogP contribution in [0.25, 0.3) is 0 Å². The molecule has 0 aromatic rings. The van der Waals surface area contributed by atoms with Gasteiger partial charge in [0.25, 0.3) is 5.97 Å². The Bertz CT molecular complexity index is 355. The lowest BCUT2D eigenvalue weighted by Crippen LogP contribution is -2.44. The fourth-order valence-electron chi connectivity index (χ4n) is 3.04. The molecule has 0 amide bonds. The quantitative estimate of drug-likeness (QED) is 0.171. The Morgan fingerprint density at radius 3 is 1.96 bits per heavy atom. The molecule has 0 aliphatic carbocycles. The highest BCUT2D eigenvalue weighted by Crippen LogP contribution is 2.32. The van der Waals surface area contributed by atoms with Crippen LogP contribution in [-0.4, -0.2) is 39.9 Å². The number of methoxy groups -OCH3 is 3. The predicted molar refractivity (Wildman–Crippen MR) is 100 cm³/mol. The molecule has 0 rings (SSSR count). The molecule has 0 bridgehead atoms.